The first-order valence-corrected chi connectivity index (χ1v) is 5.22. The van der Waals surface area contributed by atoms with Crippen LogP contribution < -0.4 is 5.73 Å². The molecule has 1 aliphatic rings. The smallest absolute Gasteiger partial charge is 0.239 e. The molecule has 3 rings (SSSR count). The fraction of sp³-hybridized carbons (Fsp3) is 0.556. The summed E-state index contributed by atoms with van der Waals surface area (Å²) in [5, 5.41) is 10.2. The minimum Gasteiger partial charge on any atom is -0.339 e. The van der Waals surface area contributed by atoms with Crippen LogP contribution in [-0.2, 0) is 6.42 Å². The highest BCUT2D eigenvalue weighted by atomic mass is 16.5. The van der Waals surface area contributed by atoms with E-state index in [1.165, 1.54) is 12.7 Å². The molecule has 2 aromatic rings. The molecular weight excluding hydrogens is 208 g/mol. The Balaban J connectivity index is 1.78. The maximum absolute atomic E-state index is 6.10. The maximum Gasteiger partial charge on any atom is 0.239 e. The van der Waals surface area contributed by atoms with Crippen LogP contribution in [0.1, 0.15) is 25.2 Å². The lowest BCUT2D eigenvalue weighted by atomic mass is 9.75. The first-order valence-electron chi connectivity index (χ1n) is 5.22. The number of nitrogens with one attached hydrogen (secondary N) is 1. The van der Waals surface area contributed by atoms with Gasteiger partial charge in [0, 0.05) is 12.0 Å². The molecule has 0 amide bonds. The van der Waals surface area contributed by atoms with Crippen LogP contribution in [0.3, 0.4) is 0 Å². The molecule has 0 radical (unpaired) electrons. The summed E-state index contributed by atoms with van der Waals surface area (Å²) in [5.41, 5.74) is 5.95. The molecule has 7 nitrogen and oxygen atoms in total. The summed E-state index contributed by atoms with van der Waals surface area (Å²) in [5.74, 6) is 1.50. The van der Waals surface area contributed by atoms with Crippen molar-refractivity contribution in [2.24, 2.45) is 5.73 Å². The van der Waals surface area contributed by atoms with Crippen molar-refractivity contribution in [1.82, 2.24) is 25.3 Å². The van der Waals surface area contributed by atoms with E-state index in [2.05, 4.69) is 25.3 Å². The number of nitrogens with two attached hydrogens (primary N) is 1. The van der Waals surface area contributed by atoms with Crippen LogP contribution in [0.15, 0.2) is 10.9 Å². The standard InChI is InChI=1S/C9H12N6O/c10-9(2-1-3-9)4-6-13-8(15-16-6)7-11-5-12-14-7/h5H,1-4,10H2,(H,11,12,14). The number of aromatic nitrogens is 5. The van der Waals surface area contributed by atoms with E-state index in [1.54, 1.807) is 0 Å². The maximum atomic E-state index is 6.10. The fourth-order valence-corrected chi connectivity index (χ4v) is 1.84. The van der Waals surface area contributed by atoms with E-state index in [0.29, 0.717) is 24.0 Å². The molecule has 0 aliphatic heterocycles. The van der Waals surface area contributed by atoms with Crippen molar-refractivity contribution < 1.29 is 4.52 Å². The van der Waals surface area contributed by atoms with E-state index < -0.39 is 0 Å². The average Bonchev–Trinajstić information content (AvgIpc) is 2.83. The zero-order valence-electron chi connectivity index (χ0n) is 8.68. The van der Waals surface area contributed by atoms with Gasteiger partial charge in [0.25, 0.3) is 0 Å². The second-order valence-electron chi connectivity index (χ2n) is 4.24. The number of nitrogens with zero attached hydrogens (tertiary/aromatic N) is 4. The van der Waals surface area contributed by atoms with Gasteiger partial charge in [0.05, 0.1) is 0 Å². The zero-order chi connectivity index (χ0) is 11.0. The Kier molecular flexibility index (Phi) is 2.00. The minimum absolute atomic E-state index is 0.148. The van der Waals surface area contributed by atoms with Crippen molar-refractivity contribution in [2.75, 3.05) is 0 Å². The SMILES string of the molecule is NC1(Cc2nc(-c3ncn[nH]3)no2)CCC1. The van der Waals surface area contributed by atoms with Crippen molar-refractivity contribution in [3.8, 4) is 11.6 Å². The van der Waals surface area contributed by atoms with E-state index in [1.807, 2.05) is 0 Å². The van der Waals surface area contributed by atoms with Crippen molar-refractivity contribution >= 4 is 0 Å². The lowest BCUT2D eigenvalue weighted by Crippen LogP contribution is -2.48. The lowest BCUT2D eigenvalue weighted by molar-refractivity contribution is 0.222. The molecule has 0 unspecified atom stereocenters. The van der Waals surface area contributed by atoms with Crippen LogP contribution in [0.25, 0.3) is 11.6 Å². The predicted octanol–water partition coefficient (Wildman–Crippen LogP) is 0.279. The normalized spacial score (nSPS) is 18.3. The van der Waals surface area contributed by atoms with Crippen LogP contribution in [0, 0.1) is 0 Å². The Bertz CT molecular complexity index is 472. The van der Waals surface area contributed by atoms with Gasteiger partial charge in [0.2, 0.25) is 11.7 Å². The van der Waals surface area contributed by atoms with Gasteiger partial charge in [-0.2, -0.15) is 10.1 Å². The topological polar surface area (TPSA) is 107 Å². The second kappa shape index (κ2) is 3.38. The quantitative estimate of drug-likeness (QED) is 0.769. The molecule has 1 fully saturated rings. The summed E-state index contributed by atoms with van der Waals surface area (Å²) in [6.45, 7) is 0. The fourth-order valence-electron chi connectivity index (χ4n) is 1.84. The number of rotatable bonds is 3. The molecule has 0 atom stereocenters. The molecule has 2 aromatic heterocycles. The van der Waals surface area contributed by atoms with Gasteiger partial charge in [0.15, 0.2) is 5.82 Å². The highest BCUT2D eigenvalue weighted by Crippen LogP contribution is 2.32. The summed E-state index contributed by atoms with van der Waals surface area (Å²) < 4.78 is 5.13. The monoisotopic (exact) mass is 220 g/mol. The van der Waals surface area contributed by atoms with Gasteiger partial charge in [-0.15, -0.1) is 0 Å². The molecule has 3 N–H and O–H groups in total. The number of H-pyrrole nitrogens is 1. The summed E-state index contributed by atoms with van der Waals surface area (Å²) in [7, 11) is 0. The van der Waals surface area contributed by atoms with Gasteiger partial charge in [-0.3, -0.25) is 5.10 Å². The van der Waals surface area contributed by atoms with Gasteiger partial charge in [0.1, 0.15) is 6.33 Å². The molecule has 16 heavy (non-hydrogen) atoms. The minimum atomic E-state index is -0.148. The molecule has 2 heterocycles. The summed E-state index contributed by atoms with van der Waals surface area (Å²) in [6.07, 6.45) is 5.26. The van der Waals surface area contributed by atoms with Crippen LogP contribution in [0.5, 0.6) is 0 Å². The second-order valence-corrected chi connectivity index (χ2v) is 4.24. The highest BCUT2D eigenvalue weighted by Gasteiger charge is 2.34. The molecule has 0 saturated heterocycles. The molecule has 7 heteroatoms. The van der Waals surface area contributed by atoms with E-state index >= 15 is 0 Å². The van der Waals surface area contributed by atoms with Crippen LogP contribution >= 0.6 is 0 Å². The third-order valence-corrected chi connectivity index (χ3v) is 2.95. The van der Waals surface area contributed by atoms with Crippen LogP contribution in [-0.4, -0.2) is 30.9 Å². The largest absolute Gasteiger partial charge is 0.339 e. The zero-order valence-corrected chi connectivity index (χ0v) is 8.68. The molecular formula is C9H12N6O. The number of aromatic amines is 1. The van der Waals surface area contributed by atoms with Gasteiger partial charge < -0.3 is 10.3 Å². The van der Waals surface area contributed by atoms with Crippen molar-refractivity contribution in [1.29, 1.82) is 0 Å². The summed E-state index contributed by atoms with van der Waals surface area (Å²) >= 11 is 0. The van der Waals surface area contributed by atoms with Crippen LogP contribution in [0.4, 0.5) is 0 Å². The van der Waals surface area contributed by atoms with Crippen molar-refractivity contribution in [3.05, 3.63) is 12.2 Å². The Labute approximate surface area is 91.4 Å². The predicted molar refractivity (Wildman–Crippen MR) is 54.1 cm³/mol. The number of hydrogen-bond acceptors (Lipinski definition) is 6. The number of hydrogen-bond donors (Lipinski definition) is 2. The van der Waals surface area contributed by atoms with E-state index in [4.69, 9.17) is 10.3 Å². The molecule has 1 aliphatic carbocycles. The molecule has 84 valence electrons. The van der Waals surface area contributed by atoms with E-state index in [0.717, 1.165) is 12.8 Å². The third kappa shape index (κ3) is 1.58. The first kappa shape index (κ1) is 9.46. The molecule has 0 spiro atoms. The van der Waals surface area contributed by atoms with Crippen molar-refractivity contribution in [3.63, 3.8) is 0 Å². The van der Waals surface area contributed by atoms with Gasteiger partial charge in [-0.05, 0) is 19.3 Å². The Morgan fingerprint density at radius 3 is 3.00 bits per heavy atom. The third-order valence-electron chi connectivity index (χ3n) is 2.95. The van der Waals surface area contributed by atoms with E-state index in [9.17, 15) is 0 Å². The summed E-state index contributed by atoms with van der Waals surface area (Å²) in [4.78, 5) is 8.18. The van der Waals surface area contributed by atoms with Gasteiger partial charge in [-0.25, -0.2) is 4.98 Å². The highest BCUT2D eigenvalue weighted by molar-refractivity contribution is 5.39. The van der Waals surface area contributed by atoms with Gasteiger partial charge in [-0.1, -0.05) is 5.16 Å². The van der Waals surface area contributed by atoms with Crippen molar-refractivity contribution in [2.45, 2.75) is 31.2 Å². The Hall–Kier alpha value is -1.76. The van der Waals surface area contributed by atoms with Crippen LogP contribution in [0.2, 0.25) is 0 Å². The molecule has 0 aromatic carbocycles. The lowest BCUT2D eigenvalue weighted by Gasteiger charge is -2.36. The van der Waals surface area contributed by atoms with Gasteiger partial charge >= 0.3 is 0 Å². The summed E-state index contributed by atoms with van der Waals surface area (Å²) in [6, 6.07) is 0. The average molecular weight is 220 g/mol. The molecule has 0 bridgehead atoms. The Morgan fingerprint density at radius 2 is 2.38 bits per heavy atom. The molecule has 1 saturated carbocycles. The van der Waals surface area contributed by atoms with E-state index in [-0.39, 0.29) is 5.54 Å². The first-order chi connectivity index (χ1) is 7.75. The Morgan fingerprint density at radius 1 is 1.50 bits per heavy atom.